The van der Waals surface area contributed by atoms with Crippen molar-refractivity contribution in [2.45, 2.75) is 31.7 Å². The van der Waals surface area contributed by atoms with Gasteiger partial charge in [0.2, 0.25) is 0 Å². The number of rotatable bonds is 5. The van der Waals surface area contributed by atoms with E-state index < -0.39 is 0 Å². The highest BCUT2D eigenvalue weighted by molar-refractivity contribution is 5.14. The molecule has 2 unspecified atom stereocenters. The highest BCUT2D eigenvalue weighted by Crippen LogP contribution is 2.19. The Kier molecular flexibility index (Phi) is 4.37. The minimum absolute atomic E-state index is 0.326. The number of benzene rings is 1. The van der Waals surface area contributed by atoms with Crippen LogP contribution < -0.4 is 5.73 Å². The fourth-order valence-electron chi connectivity index (χ4n) is 2.31. The summed E-state index contributed by atoms with van der Waals surface area (Å²) in [6.45, 7) is 1.84. The maximum absolute atomic E-state index is 6.15. The topological polar surface area (TPSA) is 35.2 Å². The van der Waals surface area contributed by atoms with Crippen LogP contribution in [0, 0.1) is 5.92 Å². The first kappa shape index (κ1) is 11.6. The molecule has 16 heavy (non-hydrogen) atoms. The normalized spacial score (nSPS) is 22.2. The van der Waals surface area contributed by atoms with E-state index in [4.69, 9.17) is 10.5 Å². The highest BCUT2D eigenvalue weighted by Gasteiger charge is 2.18. The van der Waals surface area contributed by atoms with Crippen molar-refractivity contribution in [3.63, 3.8) is 0 Å². The van der Waals surface area contributed by atoms with Gasteiger partial charge in [-0.15, -0.1) is 0 Å². The van der Waals surface area contributed by atoms with Crippen LogP contribution in [0.3, 0.4) is 0 Å². The van der Waals surface area contributed by atoms with Gasteiger partial charge in [0.15, 0.2) is 0 Å². The molecule has 2 heteroatoms. The van der Waals surface area contributed by atoms with Crippen LogP contribution >= 0.6 is 0 Å². The van der Waals surface area contributed by atoms with Gasteiger partial charge in [-0.25, -0.2) is 0 Å². The van der Waals surface area contributed by atoms with E-state index in [1.807, 2.05) is 0 Å². The maximum Gasteiger partial charge on any atom is 0.0495 e. The quantitative estimate of drug-likeness (QED) is 0.825. The highest BCUT2D eigenvalue weighted by atomic mass is 16.5. The number of hydrogen-bond acceptors (Lipinski definition) is 2. The molecule has 1 fully saturated rings. The lowest BCUT2D eigenvalue weighted by atomic mass is 9.95. The smallest absolute Gasteiger partial charge is 0.0495 e. The van der Waals surface area contributed by atoms with Gasteiger partial charge < -0.3 is 10.5 Å². The van der Waals surface area contributed by atoms with E-state index in [2.05, 4.69) is 30.3 Å². The standard InChI is InChI=1S/C14H21NO/c15-14(10-13-8-9-16-11-13)7-6-12-4-2-1-3-5-12/h1-5,13-14H,6-11,15H2. The molecular formula is C14H21NO. The van der Waals surface area contributed by atoms with Crippen LogP contribution in [0.15, 0.2) is 30.3 Å². The van der Waals surface area contributed by atoms with E-state index >= 15 is 0 Å². The zero-order chi connectivity index (χ0) is 11.2. The first-order valence-corrected chi connectivity index (χ1v) is 6.22. The summed E-state index contributed by atoms with van der Waals surface area (Å²) < 4.78 is 5.37. The molecule has 88 valence electrons. The Morgan fingerprint density at radius 3 is 2.81 bits per heavy atom. The average molecular weight is 219 g/mol. The average Bonchev–Trinajstić information content (AvgIpc) is 2.81. The molecule has 0 aliphatic carbocycles. The van der Waals surface area contributed by atoms with Gasteiger partial charge in [-0.3, -0.25) is 0 Å². The van der Waals surface area contributed by atoms with Crippen LogP contribution in [0.25, 0.3) is 0 Å². The van der Waals surface area contributed by atoms with Gasteiger partial charge in [-0.05, 0) is 37.2 Å². The van der Waals surface area contributed by atoms with E-state index in [0.717, 1.165) is 32.5 Å². The molecule has 0 amide bonds. The molecule has 0 spiro atoms. The maximum atomic E-state index is 6.15. The van der Waals surface area contributed by atoms with Crippen molar-refractivity contribution < 1.29 is 4.74 Å². The summed E-state index contributed by atoms with van der Waals surface area (Å²) in [5, 5.41) is 0. The van der Waals surface area contributed by atoms with Crippen LogP contribution in [0.5, 0.6) is 0 Å². The molecule has 0 saturated carbocycles. The van der Waals surface area contributed by atoms with Crippen LogP contribution in [-0.2, 0) is 11.2 Å². The van der Waals surface area contributed by atoms with Gasteiger partial charge in [-0.2, -0.15) is 0 Å². The Morgan fingerprint density at radius 1 is 1.31 bits per heavy atom. The Labute approximate surface area is 97.8 Å². The Morgan fingerprint density at radius 2 is 2.12 bits per heavy atom. The van der Waals surface area contributed by atoms with E-state index in [1.165, 1.54) is 12.0 Å². The van der Waals surface area contributed by atoms with Crippen molar-refractivity contribution in [3.05, 3.63) is 35.9 Å². The van der Waals surface area contributed by atoms with E-state index in [9.17, 15) is 0 Å². The summed E-state index contributed by atoms with van der Waals surface area (Å²) in [5.41, 5.74) is 7.54. The zero-order valence-electron chi connectivity index (χ0n) is 9.77. The van der Waals surface area contributed by atoms with Crippen LogP contribution in [0.1, 0.15) is 24.8 Å². The second-order valence-electron chi connectivity index (χ2n) is 4.75. The molecule has 2 atom stereocenters. The largest absolute Gasteiger partial charge is 0.381 e. The summed E-state index contributed by atoms with van der Waals surface area (Å²) in [6.07, 6.45) is 4.49. The molecule has 1 aromatic carbocycles. The van der Waals surface area contributed by atoms with Gasteiger partial charge in [-0.1, -0.05) is 30.3 Å². The molecule has 1 heterocycles. The van der Waals surface area contributed by atoms with Crippen molar-refractivity contribution in [2.24, 2.45) is 11.7 Å². The molecule has 2 nitrogen and oxygen atoms in total. The van der Waals surface area contributed by atoms with Crippen LogP contribution in [0.4, 0.5) is 0 Å². The third-order valence-electron chi connectivity index (χ3n) is 3.31. The Hall–Kier alpha value is -0.860. The molecule has 1 saturated heterocycles. The molecule has 0 bridgehead atoms. The van der Waals surface area contributed by atoms with Crippen LogP contribution in [0.2, 0.25) is 0 Å². The van der Waals surface area contributed by atoms with E-state index in [0.29, 0.717) is 12.0 Å². The van der Waals surface area contributed by atoms with Crippen molar-refractivity contribution in [2.75, 3.05) is 13.2 Å². The molecule has 1 aromatic rings. The minimum atomic E-state index is 0.326. The third-order valence-corrected chi connectivity index (χ3v) is 3.31. The second-order valence-corrected chi connectivity index (χ2v) is 4.75. The number of hydrogen-bond donors (Lipinski definition) is 1. The summed E-state index contributed by atoms with van der Waals surface area (Å²) in [6, 6.07) is 10.9. The Balaban J connectivity index is 1.69. The van der Waals surface area contributed by atoms with Gasteiger partial charge >= 0.3 is 0 Å². The van der Waals surface area contributed by atoms with Gasteiger partial charge in [0.05, 0.1) is 0 Å². The fraction of sp³-hybridized carbons (Fsp3) is 0.571. The lowest BCUT2D eigenvalue weighted by molar-refractivity contribution is 0.182. The summed E-state index contributed by atoms with van der Waals surface area (Å²) in [7, 11) is 0. The lowest BCUT2D eigenvalue weighted by Gasteiger charge is -2.15. The Bertz CT molecular complexity index is 293. The third kappa shape index (κ3) is 3.62. The van der Waals surface area contributed by atoms with Gasteiger partial charge in [0.25, 0.3) is 0 Å². The van der Waals surface area contributed by atoms with E-state index in [1.54, 1.807) is 0 Å². The fourth-order valence-corrected chi connectivity index (χ4v) is 2.31. The number of nitrogens with two attached hydrogens (primary N) is 1. The molecular weight excluding hydrogens is 198 g/mol. The zero-order valence-corrected chi connectivity index (χ0v) is 9.77. The van der Waals surface area contributed by atoms with E-state index in [-0.39, 0.29) is 0 Å². The molecule has 1 aliphatic heterocycles. The number of aryl methyl sites for hydroxylation is 1. The summed E-state index contributed by atoms with van der Waals surface area (Å²) in [4.78, 5) is 0. The van der Waals surface area contributed by atoms with Crippen molar-refractivity contribution in [3.8, 4) is 0 Å². The molecule has 1 aliphatic rings. The minimum Gasteiger partial charge on any atom is -0.381 e. The molecule has 2 N–H and O–H groups in total. The molecule has 2 rings (SSSR count). The molecule has 0 aromatic heterocycles. The predicted molar refractivity (Wildman–Crippen MR) is 66.3 cm³/mol. The van der Waals surface area contributed by atoms with Crippen LogP contribution in [-0.4, -0.2) is 19.3 Å². The lowest BCUT2D eigenvalue weighted by Crippen LogP contribution is -2.24. The first-order valence-electron chi connectivity index (χ1n) is 6.22. The van der Waals surface area contributed by atoms with Crippen molar-refractivity contribution in [1.82, 2.24) is 0 Å². The van der Waals surface area contributed by atoms with Gasteiger partial charge in [0, 0.05) is 19.3 Å². The predicted octanol–water partition coefficient (Wildman–Crippen LogP) is 2.37. The van der Waals surface area contributed by atoms with Crippen molar-refractivity contribution in [1.29, 1.82) is 0 Å². The van der Waals surface area contributed by atoms with Crippen molar-refractivity contribution >= 4 is 0 Å². The summed E-state index contributed by atoms with van der Waals surface area (Å²) >= 11 is 0. The SMILES string of the molecule is NC(CCc1ccccc1)CC1CCOC1. The summed E-state index contributed by atoms with van der Waals surface area (Å²) in [5.74, 6) is 0.700. The number of ether oxygens (including phenoxy) is 1. The molecule has 0 radical (unpaired) electrons. The first-order chi connectivity index (χ1) is 7.84. The second kappa shape index (κ2) is 6.02. The monoisotopic (exact) mass is 219 g/mol. The van der Waals surface area contributed by atoms with Gasteiger partial charge in [0.1, 0.15) is 0 Å².